The number of hydrogen-bond donors (Lipinski definition) is 2. The van der Waals surface area contributed by atoms with Gasteiger partial charge in [-0.3, -0.25) is 4.79 Å². The molecule has 7 nitrogen and oxygen atoms in total. The molecule has 0 amide bonds. The summed E-state index contributed by atoms with van der Waals surface area (Å²) in [6.07, 6.45) is 2.37. The van der Waals surface area contributed by atoms with Gasteiger partial charge in [0.25, 0.3) is 0 Å². The zero-order valence-corrected chi connectivity index (χ0v) is 14.0. The number of benzene rings is 1. The Bertz CT molecular complexity index is 679. The van der Waals surface area contributed by atoms with Crippen molar-refractivity contribution in [3.05, 3.63) is 18.2 Å². The zero-order chi connectivity index (χ0) is 17.1. The molecule has 1 aromatic carbocycles. The second-order valence-corrected chi connectivity index (χ2v) is 7.33. The van der Waals surface area contributed by atoms with Crippen molar-refractivity contribution < 1.29 is 27.8 Å². The minimum Gasteiger partial charge on any atom is -0.497 e. The van der Waals surface area contributed by atoms with Crippen LogP contribution in [-0.4, -0.2) is 39.3 Å². The van der Waals surface area contributed by atoms with Gasteiger partial charge in [-0.1, -0.05) is 12.8 Å². The van der Waals surface area contributed by atoms with E-state index >= 15 is 0 Å². The van der Waals surface area contributed by atoms with E-state index in [1.54, 1.807) is 6.07 Å². The van der Waals surface area contributed by atoms with Gasteiger partial charge in [-0.25, -0.2) is 13.1 Å². The van der Waals surface area contributed by atoms with Crippen molar-refractivity contribution in [2.24, 2.45) is 0 Å². The number of hydrogen-bond acceptors (Lipinski definition) is 5. The fraction of sp³-hybridized carbons (Fsp3) is 0.533. The molecule has 0 radical (unpaired) electrons. The number of ether oxygens (including phenoxy) is 2. The summed E-state index contributed by atoms with van der Waals surface area (Å²) in [7, 11) is -1.12. The van der Waals surface area contributed by atoms with E-state index in [4.69, 9.17) is 14.6 Å². The average Bonchev–Trinajstić information content (AvgIpc) is 2.92. The summed E-state index contributed by atoms with van der Waals surface area (Å²) in [5.41, 5.74) is -0.946. The number of aliphatic carboxylic acids is 1. The predicted octanol–water partition coefficient (Wildman–Crippen LogP) is 1.77. The SMILES string of the molecule is COc1ccc(OC)c(S(=O)(=O)NC2(CC(=O)O)CCCC2)c1. The number of nitrogens with one attached hydrogen (secondary N) is 1. The fourth-order valence-corrected chi connectivity index (χ4v) is 4.63. The quantitative estimate of drug-likeness (QED) is 0.782. The van der Waals surface area contributed by atoms with Gasteiger partial charge in [-0.2, -0.15) is 0 Å². The molecule has 0 aromatic heterocycles. The Kier molecular flexibility index (Phi) is 5.16. The third-order valence-electron chi connectivity index (χ3n) is 4.06. The molecule has 1 fully saturated rings. The van der Waals surface area contributed by atoms with Crippen LogP contribution in [0.25, 0.3) is 0 Å². The number of sulfonamides is 1. The molecule has 23 heavy (non-hydrogen) atoms. The van der Waals surface area contributed by atoms with E-state index in [0.29, 0.717) is 18.6 Å². The lowest BCUT2D eigenvalue weighted by Crippen LogP contribution is -2.47. The molecule has 1 aromatic rings. The first-order chi connectivity index (χ1) is 10.8. The molecule has 0 spiro atoms. The number of methoxy groups -OCH3 is 2. The molecular weight excluding hydrogens is 322 g/mol. The van der Waals surface area contributed by atoms with Crippen LogP contribution < -0.4 is 14.2 Å². The zero-order valence-electron chi connectivity index (χ0n) is 13.2. The van der Waals surface area contributed by atoms with E-state index in [-0.39, 0.29) is 17.1 Å². The summed E-state index contributed by atoms with van der Waals surface area (Å²) < 4.78 is 38.4. The Balaban J connectivity index is 2.39. The lowest BCUT2D eigenvalue weighted by atomic mass is 9.95. The van der Waals surface area contributed by atoms with Crippen molar-refractivity contribution in [2.45, 2.75) is 42.5 Å². The van der Waals surface area contributed by atoms with Crippen molar-refractivity contribution in [1.82, 2.24) is 4.72 Å². The summed E-state index contributed by atoms with van der Waals surface area (Å²) in [6.45, 7) is 0. The summed E-state index contributed by atoms with van der Waals surface area (Å²) in [5, 5.41) is 9.11. The Morgan fingerprint density at radius 3 is 2.43 bits per heavy atom. The van der Waals surface area contributed by atoms with Crippen LogP contribution in [0.1, 0.15) is 32.1 Å². The van der Waals surface area contributed by atoms with Crippen LogP contribution in [0.3, 0.4) is 0 Å². The van der Waals surface area contributed by atoms with Gasteiger partial charge in [0.1, 0.15) is 16.4 Å². The number of carbonyl (C=O) groups is 1. The van der Waals surface area contributed by atoms with Crippen LogP contribution in [0, 0.1) is 0 Å². The van der Waals surface area contributed by atoms with Gasteiger partial charge in [0, 0.05) is 11.6 Å². The molecule has 2 N–H and O–H groups in total. The lowest BCUT2D eigenvalue weighted by Gasteiger charge is -2.28. The highest BCUT2D eigenvalue weighted by atomic mass is 32.2. The maximum Gasteiger partial charge on any atom is 0.305 e. The van der Waals surface area contributed by atoms with Crippen molar-refractivity contribution in [3.63, 3.8) is 0 Å². The topological polar surface area (TPSA) is 102 Å². The highest BCUT2D eigenvalue weighted by Crippen LogP contribution is 2.36. The maximum absolute atomic E-state index is 12.8. The second-order valence-electron chi connectivity index (χ2n) is 5.68. The van der Waals surface area contributed by atoms with Crippen molar-refractivity contribution in [2.75, 3.05) is 14.2 Å². The van der Waals surface area contributed by atoms with Gasteiger partial charge in [0.05, 0.1) is 20.6 Å². The third kappa shape index (κ3) is 3.94. The first-order valence-corrected chi connectivity index (χ1v) is 8.78. The van der Waals surface area contributed by atoms with Crippen LogP contribution in [0.2, 0.25) is 0 Å². The van der Waals surface area contributed by atoms with Crippen LogP contribution in [0.4, 0.5) is 0 Å². The Morgan fingerprint density at radius 1 is 1.26 bits per heavy atom. The molecule has 0 saturated heterocycles. The largest absolute Gasteiger partial charge is 0.497 e. The summed E-state index contributed by atoms with van der Waals surface area (Å²) in [5.74, 6) is -0.459. The van der Waals surface area contributed by atoms with Crippen molar-refractivity contribution in [1.29, 1.82) is 0 Å². The average molecular weight is 343 g/mol. The van der Waals surface area contributed by atoms with Crippen molar-refractivity contribution >= 4 is 16.0 Å². The van der Waals surface area contributed by atoms with E-state index in [1.807, 2.05) is 0 Å². The van der Waals surface area contributed by atoms with Gasteiger partial charge in [-0.05, 0) is 25.0 Å². The summed E-state index contributed by atoms with van der Waals surface area (Å²) in [6, 6.07) is 4.47. The third-order valence-corrected chi connectivity index (χ3v) is 5.66. The molecule has 128 valence electrons. The van der Waals surface area contributed by atoms with E-state index in [1.165, 1.54) is 26.4 Å². The molecule has 1 aliphatic rings. The standard InChI is InChI=1S/C15H21NO6S/c1-21-11-5-6-12(22-2)13(9-11)23(19,20)16-15(10-14(17)18)7-3-4-8-15/h5-6,9,16H,3-4,7-8,10H2,1-2H3,(H,17,18). The molecule has 1 aliphatic carbocycles. The van der Waals surface area contributed by atoms with Gasteiger partial charge < -0.3 is 14.6 Å². The Morgan fingerprint density at radius 2 is 1.91 bits per heavy atom. The molecule has 2 rings (SSSR count). The first-order valence-electron chi connectivity index (χ1n) is 7.30. The van der Waals surface area contributed by atoms with Crippen LogP contribution in [-0.2, 0) is 14.8 Å². The summed E-state index contributed by atoms with van der Waals surface area (Å²) >= 11 is 0. The minimum atomic E-state index is -3.94. The smallest absolute Gasteiger partial charge is 0.305 e. The number of carboxylic acid groups (broad SMARTS) is 1. The van der Waals surface area contributed by atoms with Gasteiger partial charge >= 0.3 is 5.97 Å². The molecule has 0 bridgehead atoms. The van der Waals surface area contributed by atoms with E-state index in [9.17, 15) is 13.2 Å². The minimum absolute atomic E-state index is 0.0592. The molecular formula is C15H21NO6S. The monoisotopic (exact) mass is 343 g/mol. The Hall–Kier alpha value is -1.80. The number of carboxylic acids is 1. The fourth-order valence-electron chi connectivity index (χ4n) is 2.99. The van der Waals surface area contributed by atoms with E-state index < -0.39 is 21.5 Å². The van der Waals surface area contributed by atoms with Crippen LogP contribution in [0.5, 0.6) is 11.5 Å². The van der Waals surface area contributed by atoms with E-state index in [0.717, 1.165) is 12.8 Å². The van der Waals surface area contributed by atoms with Gasteiger partial charge in [0.15, 0.2) is 0 Å². The van der Waals surface area contributed by atoms with Gasteiger partial charge in [0.2, 0.25) is 10.0 Å². The van der Waals surface area contributed by atoms with Gasteiger partial charge in [-0.15, -0.1) is 0 Å². The predicted molar refractivity (Wildman–Crippen MR) is 83.3 cm³/mol. The highest BCUT2D eigenvalue weighted by molar-refractivity contribution is 7.89. The molecule has 0 unspecified atom stereocenters. The summed E-state index contributed by atoms with van der Waals surface area (Å²) in [4.78, 5) is 11.1. The molecule has 0 atom stereocenters. The highest BCUT2D eigenvalue weighted by Gasteiger charge is 2.40. The lowest BCUT2D eigenvalue weighted by molar-refractivity contribution is -0.138. The first kappa shape index (κ1) is 17.6. The van der Waals surface area contributed by atoms with E-state index in [2.05, 4.69) is 4.72 Å². The molecule has 8 heteroatoms. The van der Waals surface area contributed by atoms with Crippen LogP contribution >= 0.6 is 0 Å². The Labute approximate surface area is 135 Å². The normalized spacial score (nSPS) is 17.0. The maximum atomic E-state index is 12.8. The second kappa shape index (κ2) is 6.76. The van der Waals surface area contributed by atoms with Crippen molar-refractivity contribution in [3.8, 4) is 11.5 Å². The number of rotatable bonds is 7. The van der Waals surface area contributed by atoms with Crippen LogP contribution in [0.15, 0.2) is 23.1 Å². The molecule has 0 aliphatic heterocycles. The molecule has 1 saturated carbocycles. The molecule has 0 heterocycles.